The highest BCUT2D eigenvalue weighted by molar-refractivity contribution is 9.10. The largest absolute Gasteiger partial charge is 0.462 e. The van der Waals surface area contributed by atoms with Gasteiger partial charge < -0.3 is 14.8 Å². The first kappa shape index (κ1) is 24.1. The number of para-hydroxylation sites is 1. The van der Waals surface area contributed by atoms with Crippen molar-refractivity contribution in [1.29, 1.82) is 0 Å². The first-order chi connectivity index (χ1) is 16.9. The van der Waals surface area contributed by atoms with Crippen molar-refractivity contribution in [3.05, 3.63) is 94.5 Å². The number of rotatable bonds is 7. The van der Waals surface area contributed by atoms with Crippen LogP contribution in [0.1, 0.15) is 27.6 Å². The Hall–Kier alpha value is -4.04. The number of nitrogens with one attached hydrogen (secondary N) is 1. The van der Waals surface area contributed by atoms with Crippen LogP contribution in [-0.2, 0) is 14.3 Å². The van der Waals surface area contributed by atoms with Crippen LogP contribution in [0, 0.1) is 0 Å². The van der Waals surface area contributed by atoms with Crippen molar-refractivity contribution >= 4 is 50.4 Å². The third-order valence-corrected chi connectivity index (χ3v) is 5.62. The van der Waals surface area contributed by atoms with Crippen LogP contribution in [0.2, 0.25) is 0 Å². The quantitative estimate of drug-likeness (QED) is 0.309. The van der Waals surface area contributed by atoms with Gasteiger partial charge in [-0.25, -0.2) is 14.6 Å². The maximum Gasteiger partial charge on any atom is 0.339 e. The molecule has 4 aromatic rings. The van der Waals surface area contributed by atoms with Crippen molar-refractivity contribution < 1.29 is 23.9 Å². The zero-order valence-corrected chi connectivity index (χ0v) is 20.4. The number of benzene rings is 3. The second-order valence-corrected chi connectivity index (χ2v) is 8.42. The molecule has 8 heteroatoms. The Morgan fingerprint density at radius 1 is 0.886 bits per heavy atom. The highest BCUT2D eigenvalue weighted by atomic mass is 79.9. The molecule has 0 aliphatic rings. The van der Waals surface area contributed by atoms with Crippen LogP contribution >= 0.6 is 15.9 Å². The Balaban J connectivity index is 1.47. The van der Waals surface area contributed by atoms with Crippen LogP contribution in [0.3, 0.4) is 0 Å². The van der Waals surface area contributed by atoms with Crippen molar-refractivity contribution in [3.8, 4) is 11.3 Å². The van der Waals surface area contributed by atoms with E-state index in [9.17, 15) is 14.4 Å². The molecule has 176 valence electrons. The molecule has 0 spiro atoms. The van der Waals surface area contributed by atoms with Crippen LogP contribution in [0.15, 0.2) is 83.3 Å². The minimum atomic E-state index is -0.630. The number of carbonyl (C=O) groups excluding carboxylic acids is 3. The zero-order valence-electron chi connectivity index (χ0n) is 18.8. The standard InChI is InChI=1S/C27H21BrN2O5/c1-2-34-26(32)18-9-13-20(14-10-18)29-25(31)16-35-27(33)22-15-24(17-7-11-19(28)12-8-17)30-23-6-4-3-5-21(22)23/h3-15H,2,16H2,1H3,(H,29,31). The molecule has 35 heavy (non-hydrogen) atoms. The van der Waals surface area contributed by atoms with E-state index in [0.29, 0.717) is 33.4 Å². The maximum absolute atomic E-state index is 12.9. The summed E-state index contributed by atoms with van der Waals surface area (Å²) in [4.78, 5) is 41.7. The van der Waals surface area contributed by atoms with Crippen LogP contribution in [0.5, 0.6) is 0 Å². The molecule has 1 N–H and O–H groups in total. The summed E-state index contributed by atoms with van der Waals surface area (Å²) < 4.78 is 11.2. The number of anilines is 1. The normalized spacial score (nSPS) is 10.6. The highest BCUT2D eigenvalue weighted by Crippen LogP contribution is 2.26. The SMILES string of the molecule is CCOC(=O)c1ccc(NC(=O)COC(=O)c2cc(-c3ccc(Br)cc3)nc3ccccc23)cc1. The highest BCUT2D eigenvalue weighted by Gasteiger charge is 2.17. The lowest BCUT2D eigenvalue weighted by Crippen LogP contribution is -2.21. The van der Waals surface area contributed by atoms with Gasteiger partial charge in [0.15, 0.2) is 6.61 Å². The molecule has 0 radical (unpaired) electrons. The Morgan fingerprint density at radius 3 is 2.31 bits per heavy atom. The molecule has 0 unspecified atom stereocenters. The molecule has 0 bridgehead atoms. The molecule has 1 heterocycles. The first-order valence-corrected chi connectivity index (χ1v) is 11.6. The molecule has 3 aromatic carbocycles. The smallest absolute Gasteiger partial charge is 0.339 e. The topological polar surface area (TPSA) is 94.6 Å². The van der Waals surface area contributed by atoms with Crippen molar-refractivity contribution in [2.45, 2.75) is 6.92 Å². The lowest BCUT2D eigenvalue weighted by atomic mass is 10.0. The number of hydrogen-bond donors (Lipinski definition) is 1. The van der Waals surface area contributed by atoms with E-state index in [4.69, 9.17) is 9.47 Å². The fraction of sp³-hybridized carbons (Fsp3) is 0.111. The molecule has 0 saturated carbocycles. The maximum atomic E-state index is 12.9. The zero-order chi connectivity index (χ0) is 24.8. The number of ether oxygens (including phenoxy) is 2. The third kappa shape index (κ3) is 5.91. The van der Waals surface area contributed by atoms with Gasteiger partial charge in [0, 0.05) is 21.1 Å². The van der Waals surface area contributed by atoms with Crippen molar-refractivity contribution in [2.24, 2.45) is 0 Å². The molecule has 0 fully saturated rings. The van der Waals surface area contributed by atoms with E-state index < -0.39 is 24.5 Å². The lowest BCUT2D eigenvalue weighted by Gasteiger charge is -2.11. The molecular weight excluding hydrogens is 512 g/mol. The summed E-state index contributed by atoms with van der Waals surface area (Å²) in [6, 6.07) is 22.8. The van der Waals surface area contributed by atoms with E-state index in [2.05, 4.69) is 26.2 Å². The summed E-state index contributed by atoms with van der Waals surface area (Å²) in [5, 5.41) is 3.27. The number of amides is 1. The van der Waals surface area contributed by atoms with Gasteiger partial charge in [0.2, 0.25) is 0 Å². The van der Waals surface area contributed by atoms with Gasteiger partial charge in [0.05, 0.1) is 28.9 Å². The molecule has 0 saturated heterocycles. The van der Waals surface area contributed by atoms with Gasteiger partial charge in [-0.05, 0) is 55.5 Å². The fourth-order valence-electron chi connectivity index (χ4n) is 3.42. The van der Waals surface area contributed by atoms with Gasteiger partial charge >= 0.3 is 11.9 Å². The minimum absolute atomic E-state index is 0.278. The van der Waals surface area contributed by atoms with Gasteiger partial charge in [-0.2, -0.15) is 0 Å². The Labute approximate surface area is 210 Å². The second kappa shape index (κ2) is 10.9. The molecule has 4 rings (SSSR count). The number of carbonyl (C=O) groups is 3. The Morgan fingerprint density at radius 2 is 1.60 bits per heavy atom. The summed E-state index contributed by atoms with van der Waals surface area (Å²) in [5.74, 6) is -1.57. The average molecular weight is 533 g/mol. The monoisotopic (exact) mass is 532 g/mol. The van der Waals surface area contributed by atoms with Crippen LogP contribution in [-0.4, -0.2) is 36.0 Å². The summed E-state index contributed by atoms with van der Waals surface area (Å²) >= 11 is 3.42. The summed E-state index contributed by atoms with van der Waals surface area (Å²) in [5.41, 5.74) is 3.27. The Kier molecular flexibility index (Phi) is 7.52. The molecule has 1 amide bonds. The number of pyridine rings is 1. The fourth-order valence-corrected chi connectivity index (χ4v) is 3.69. The summed E-state index contributed by atoms with van der Waals surface area (Å²) in [7, 11) is 0. The van der Waals surface area contributed by atoms with Gasteiger partial charge in [-0.1, -0.05) is 46.3 Å². The van der Waals surface area contributed by atoms with Crippen molar-refractivity contribution in [3.63, 3.8) is 0 Å². The second-order valence-electron chi connectivity index (χ2n) is 7.50. The number of esters is 2. The molecule has 0 atom stereocenters. The number of fused-ring (bicyclic) bond motifs is 1. The summed E-state index contributed by atoms with van der Waals surface area (Å²) in [6.45, 7) is 1.53. The predicted molar refractivity (Wildman–Crippen MR) is 136 cm³/mol. The van der Waals surface area contributed by atoms with Gasteiger partial charge in [-0.15, -0.1) is 0 Å². The first-order valence-electron chi connectivity index (χ1n) is 10.8. The molecular formula is C27H21BrN2O5. The summed E-state index contributed by atoms with van der Waals surface area (Å²) in [6.07, 6.45) is 0. The van der Waals surface area contributed by atoms with Crippen LogP contribution < -0.4 is 5.32 Å². The number of aromatic nitrogens is 1. The molecule has 0 aliphatic carbocycles. The lowest BCUT2D eigenvalue weighted by molar-refractivity contribution is -0.119. The van der Waals surface area contributed by atoms with Gasteiger partial charge in [-0.3, -0.25) is 4.79 Å². The number of halogens is 1. The van der Waals surface area contributed by atoms with E-state index in [1.54, 1.807) is 43.3 Å². The minimum Gasteiger partial charge on any atom is -0.462 e. The molecule has 7 nitrogen and oxygen atoms in total. The third-order valence-electron chi connectivity index (χ3n) is 5.09. The van der Waals surface area contributed by atoms with Crippen molar-refractivity contribution in [1.82, 2.24) is 4.98 Å². The van der Waals surface area contributed by atoms with E-state index in [1.165, 1.54) is 0 Å². The molecule has 1 aromatic heterocycles. The predicted octanol–water partition coefficient (Wildman–Crippen LogP) is 5.64. The van der Waals surface area contributed by atoms with Crippen LogP contribution in [0.25, 0.3) is 22.2 Å². The Bertz CT molecular complexity index is 1390. The number of hydrogen-bond acceptors (Lipinski definition) is 6. The van der Waals surface area contributed by atoms with Crippen LogP contribution in [0.4, 0.5) is 5.69 Å². The average Bonchev–Trinajstić information content (AvgIpc) is 2.87. The van der Waals surface area contributed by atoms with Gasteiger partial charge in [0.25, 0.3) is 5.91 Å². The van der Waals surface area contributed by atoms with Gasteiger partial charge in [0.1, 0.15) is 0 Å². The van der Waals surface area contributed by atoms with E-state index in [-0.39, 0.29) is 6.61 Å². The molecule has 0 aliphatic heterocycles. The van der Waals surface area contributed by atoms with E-state index >= 15 is 0 Å². The van der Waals surface area contributed by atoms with Crippen molar-refractivity contribution in [2.75, 3.05) is 18.5 Å². The number of nitrogens with zero attached hydrogens (tertiary/aromatic N) is 1. The van der Waals surface area contributed by atoms with E-state index in [1.807, 2.05) is 42.5 Å². The van der Waals surface area contributed by atoms with E-state index in [0.717, 1.165) is 10.0 Å².